The van der Waals surface area contributed by atoms with E-state index >= 15 is 0 Å². The summed E-state index contributed by atoms with van der Waals surface area (Å²) in [5.74, 6) is 1.21. The minimum atomic E-state index is -0.188. The van der Waals surface area contributed by atoms with Gasteiger partial charge in [0.15, 0.2) is 0 Å². The average Bonchev–Trinajstić information content (AvgIpc) is 3.13. The van der Waals surface area contributed by atoms with Gasteiger partial charge in [-0.1, -0.05) is 24.3 Å². The van der Waals surface area contributed by atoms with Gasteiger partial charge in [-0.25, -0.2) is 0 Å². The number of fused-ring (bicyclic) bond motifs is 1. The minimum Gasteiger partial charge on any atom is -0.497 e. The Kier molecular flexibility index (Phi) is 5.89. The lowest BCUT2D eigenvalue weighted by atomic mass is 10.1. The van der Waals surface area contributed by atoms with Gasteiger partial charge in [-0.3, -0.25) is 9.78 Å². The van der Waals surface area contributed by atoms with Gasteiger partial charge in [0.25, 0.3) is 5.91 Å². The Morgan fingerprint density at radius 1 is 1.00 bits per heavy atom. The van der Waals surface area contributed by atoms with E-state index in [1.165, 1.54) is 10.9 Å². The van der Waals surface area contributed by atoms with Gasteiger partial charge in [0.2, 0.25) is 0 Å². The molecule has 0 saturated carbocycles. The Balaban J connectivity index is 1.42. The molecule has 0 saturated heterocycles. The van der Waals surface area contributed by atoms with Crippen LogP contribution in [0.15, 0.2) is 60.8 Å². The van der Waals surface area contributed by atoms with Crippen molar-refractivity contribution >= 4 is 16.8 Å². The van der Waals surface area contributed by atoms with Crippen molar-refractivity contribution in [3.63, 3.8) is 0 Å². The van der Waals surface area contributed by atoms with E-state index in [1.54, 1.807) is 26.5 Å². The number of aromatic nitrogens is 2. The number of hydrogen-bond acceptors (Lipinski definition) is 4. The van der Waals surface area contributed by atoms with Crippen molar-refractivity contribution in [1.29, 1.82) is 0 Å². The second-order valence-corrected chi connectivity index (χ2v) is 7.31. The van der Waals surface area contributed by atoms with Crippen LogP contribution in [0.4, 0.5) is 0 Å². The lowest BCUT2D eigenvalue weighted by Gasteiger charge is -2.09. The van der Waals surface area contributed by atoms with Gasteiger partial charge >= 0.3 is 0 Å². The molecule has 31 heavy (non-hydrogen) atoms. The maximum atomic E-state index is 12.5. The van der Waals surface area contributed by atoms with E-state index in [0.717, 1.165) is 28.8 Å². The molecule has 0 fully saturated rings. The number of carbonyl (C=O) groups is 1. The summed E-state index contributed by atoms with van der Waals surface area (Å²) in [5.41, 5.74) is 5.65. The molecule has 0 unspecified atom stereocenters. The summed E-state index contributed by atoms with van der Waals surface area (Å²) in [6.45, 7) is 2.60. The van der Waals surface area contributed by atoms with Crippen LogP contribution in [0.25, 0.3) is 22.0 Å². The number of nitrogens with zero attached hydrogens (tertiary/aromatic N) is 1. The first kappa shape index (κ1) is 20.5. The minimum absolute atomic E-state index is 0.188. The predicted molar refractivity (Wildman–Crippen MR) is 122 cm³/mol. The van der Waals surface area contributed by atoms with Gasteiger partial charge in [-0.2, -0.15) is 0 Å². The van der Waals surface area contributed by atoms with Crippen molar-refractivity contribution < 1.29 is 14.3 Å². The summed E-state index contributed by atoms with van der Waals surface area (Å²) < 4.78 is 10.6. The molecule has 2 heterocycles. The van der Waals surface area contributed by atoms with Crippen molar-refractivity contribution in [3.05, 3.63) is 77.7 Å². The Labute approximate surface area is 181 Å². The molecule has 6 nitrogen and oxygen atoms in total. The first-order valence-electron chi connectivity index (χ1n) is 10.1. The second kappa shape index (κ2) is 8.92. The van der Waals surface area contributed by atoms with E-state index in [4.69, 9.17) is 9.47 Å². The molecule has 2 N–H and O–H groups in total. The van der Waals surface area contributed by atoms with Gasteiger partial charge < -0.3 is 19.8 Å². The van der Waals surface area contributed by atoms with Crippen LogP contribution in [0.2, 0.25) is 0 Å². The number of aryl methyl sites for hydroxylation is 1. The zero-order valence-electron chi connectivity index (χ0n) is 17.9. The van der Waals surface area contributed by atoms with Crippen LogP contribution in [0.5, 0.6) is 11.5 Å². The molecule has 0 radical (unpaired) electrons. The van der Waals surface area contributed by atoms with Crippen molar-refractivity contribution in [1.82, 2.24) is 15.3 Å². The van der Waals surface area contributed by atoms with Crippen LogP contribution < -0.4 is 14.8 Å². The fraction of sp³-hybridized carbons (Fsp3) is 0.200. The van der Waals surface area contributed by atoms with Crippen LogP contribution >= 0.6 is 0 Å². The molecule has 0 aliphatic carbocycles. The maximum Gasteiger partial charge on any atom is 0.269 e. The van der Waals surface area contributed by atoms with Crippen LogP contribution in [-0.4, -0.2) is 36.6 Å². The van der Waals surface area contributed by atoms with Gasteiger partial charge in [-0.15, -0.1) is 0 Å². The van der Waals surface area contributed by atoms with Gasteiger partial charge in [0.05, 0.1) is 14.2 Å². The van der Waals surface area contributed by atoms with E-state index in [-0.39, 0.29) is 5.91 Å². The lowest BCUT2D eigenvalue weighted by molar-refractivity contribution is 0.0949. The molecule has 0 spiro atoms. The molecule has 4 aromatic rings. The highest BCUT2D eigenvalue weighted by molar-refractivity contribution is 5.92. The Bertz CT molecular complexity index is 1190. The second-order valence-electron chi connectivity index (χ2n) is 7.31. The van der Waals surface area contributed by atoms with E-state index in [1.807, 2.05) is 36.4 Å². The van der Waals surface area contributed by atoms with Crippen molar-refractivity contribution in [3.8, 4) is 22.6 Å². The number of carbonyl (C=O) groups excluding carboxylic acids is 1. The smallest absolute Gasteiger partial charge is 0.269 e. The topological polar surface area (TPSA) is 76.2 Å². The van der Waals surface area contributed by atoms with Crippen molar-refractivity contribution in [2.75, 3.05) is 20.8 Å². The summed E-state index contributed by atoms with van der Waals surface area (Å²) >= 11 is 0. The molecule has 0 atom stereocenters. The molecule has 0 aliphatic heterocycles. The molecule has 0 aliphatic rings. The number of para-hydroxylation sites is 1. The molecule has 1 amide bonds. The summed E-state index contributed by atoms with van der Waals surface area (Å²) in [7, 11) is 3.23. The van der Waals surface area contributed by atoms with Crippen LogP contribution in [0.3, 0.4) is 0 Å². The third-order valence-electron chi connectivity index (χ3n) is 5.37. The summed E-state index contributed by atoms with van der Waals surface area (Å²) in [6.07, 6.45) is 2.44. The summed E-state index contributed by atoms with van der Waals surface area (Å²) in [5, 5.41) is 4.17. The number of amides is 1. The monoisotopic (exact) mass is 415 g/mol. The molecular formula is C25H25N3O3. The number of aromatic amines is 1. The number of methoxy groups -OCH3 is 2. The first-order chi connectivity index (χ1) is 15.1. The van der Waals surface area contributed by atoms with E-state index in [0.29, 0.717) is 23.7 Å². The average molecular weight is 415 g/mol. The summed E-state index contributed by atoms with van der Waals surface area (Å²) in [4.78, 5) is 20.3. The predicted octanol–water partition coefficient (Wildman–Crippen LogP) is 4.53. The van der Waals surface area contributed by atoms with Crippen LogP contribution in [0, 0.1) is 6.92 Å². The van der Waals surface area contributed by atoms with Crippen LogP contribution in [-0.2, 0) is 6.42 Å². The highest BCUT2D eigenvalue weighted by Crippen LogP contribution is 2.29. The third kappa shape index (κ3) is 4.38. The number of benzene rings is 2. The molecule has 4 rings (SSSR count). The molecular weight excluding hydrogens is 390 g/mol. The number of ether oxygens (including phenoxy) is 2. The van der Waals surface area contributed by atoms with E-state index < -0.39 is 0 Å². The molecule has 2 aromatic heterocycles. The molecule has 0 bridgehead atoms. The Hall–Kier alpha value is -3.80. The Morgan fingerprint density at radius 3 is 2.42 bits per heavy atom. The largest absolute Gasteiger partial charge is 0.497 e. The molecule has 2 aromatic carbocycles. The van der Waals surface area contributed by atoms with E-state index in [9.17, 15) is 4.79 Å². The number of rotatable bonds is 7. The number of hydrogen-bond donors (Lipinski definition) is 2. The maximum absolute atomic E-state index is 12.5. The first-order valence-corrected chi connectivity index (χ1v) is 10.1. The zero-order chi connectivity index (χ0) is 21.8. The van der Waals surface area contributed by atoms with Gasteiger partial charge in [0.1, 0.15) is 17.2 Å². The van der Waals surface area contributed by atoms with Crippen molar-refractivity contribution in [2.24, 2.45) is 0 Å². The zero-order valence-corrected chi connectivity index (χ0v) is 17.9. The SMILES string of the molecule is COc1cc(OC)cc(-c2ccc(C(=O)NCCc3c(C)[nH]c4ccccc34)nc2)c1. The molecule has 6 heteroatoms. The fourth-order valence-electron chi connectivity index (χ4n) is 3.72. The Morgan fingerprint density at radius 2 is 1.74 bits per heavy atom. The van der Waals surface area contributed by atoms with Crippen LogP contribution in [0.1, 0.15) is 21.7 Å². The lowest BCUT2D eigenvalue weighted by Crippen LogP contribution is -2.26. The molecule has 158 valence electrons. The fourth-order valence-corrected chi connectivity index (χ4v) is 3.72. The highest BCUT2D eigenvalue weighted by atomic mass is 16.5. The quantitative estimate of drug-likeness (QED) is 0.465. The standard InChI is InChI=1S/C25H25N3O3/c1-16-21(22-6-4-5-7-23(22)28-16)10-11-26-25(29)24-9-8-17(15-27-24)18-12-19(30-2)14-20(13-18)31-3/h4-9,12-15,28H,10-11H2,1-3H3,(H,26,29). The number of H-pyrrole nitrogens is 1. The highest BCUT2D eigenvalue weighted by Gasteiger charge is 2.11. The third-order valence-corrected chi connectivity index (χ3v) is 5.37. The normalized spacial score (nSPS) is 10.8. The van der Waals surface area contributed by atoms with Gasteiger partial charge in [0, 0.05) is 41.0 Å². The number of nitrogens with one attached hydrogen (secondary N) is 2. The van der Waals surface area contributed by atoms with Crippen molar-refractivity contribution in [2.45, 2.75) is 13.3 Å². The summed E-state index contributed by atoms with van der Waals surface area (Å²) in [6, 6.07) is 17.4. The number of pyridine rings is 1. The van der Waals surface area contributed by atoms with Gasteiger partial charge in [-0.05, 0) is 48.7 Å². The van der Waals surface area contributed by atoms with E-state index in [2.05, 4.69) is 34.3 Å².